The third-order valence-corrected chi connectivity index (χ3v) is 3.38. The van der Waals surface area contributed by atoms with E-state index in [1.165, 1.54) is 13.2 Å². The number of hydrogen-bond donors (Lipinski definition) is 2. The third-order valence-electron chi connectivity index (χ3n) is 3.38. The van der Waals surface area contributed by atoms with Crippen LogP contribution < -0.4 is 4.74 Å². The Labute approximate surface area is 101 Å². The van der Waals surface area contributed by atoms with Gasteiger partial charge in [0, 0.05) is 0 Å². The predicted molar refractivity (Wildman–Crippen MR) is 64.5 cm³/mol. The highest BCUT2D eigenvalue weighted by Crippen LogP contribution is 2.37. The van der Waals surface area contributed by atoms with Crippen LogP contribution in [0.15, 0.2) is 18.2 Å². The number of phenolic OH excluding ortho intramolecular Hbond substituents is 1. The van der Waals surface area contributed by atoms with Crippen molar-refractivity contribution in [2.45, 2.75) is 26.2 Å². The van der Waals surface area contributed by atoms with Crippen LogP contribution in [0.5, 0.6) is 11.5 Å². The second-order valence-electron chi connectivity index (χ2n) is 4.55. The minimum absolute atomic E-state index is 0.0434. The highest BCUT2D eigenvalue weighted by atomic mass is 16.5. The molecule has 0 aliphatic heterocycles. The summed E-state index contributed by atoms with van der Waals surface area (Å²) in [5.41, 5.74) is -0.456. The topological polar surface area (TPSA) is 66.8 Å². The van der Waals surface area contributed by atoms with E-state index in [1.54, 1.807) is 19.1 Å². The lowest BCUT2D eigenvalue weighted by atomic mass is 9.73. The lowest BCUT2D eigenvalue weighted by Gasteiger charge is -2.29. The number of ether oxygens (including phenoxy) is 1. The number of aromatic hydroxyl groups is 1. The summed E-state index contributed by atoms with van der Waals surface area (Å²) < 4.78 is 4.94. The normalized spacial score (nSPS) is 14.4. The fourth-order valence-corrected chi connectivity index (χ4v) is 1.72. The zero-order valence-electron chi connectivity index (χ0n) is 10.5. The van der Waals surface area contributed by atoms with Crippen molar-refractivity contribution in [3.05, 3.63) is 23.8 Å². The molecular weight excluding hydrogens is 220 g/mol. The minimum Gasteiger partial charge on any atom is -0.504 e. The van der Waals surface area contributed by atoms with Gasteiger partial charge >= 0.3 is 5.97 Å². The van der Waals surface area contributed by atoms with Gasteiger partial charge in [-0.3, -0.25) is 4.79 Å². The molecule has 1 aromatic carbocycles. The molecule has 0 heterocycles. The SMILES string of the molecule is COc1ccc(C(C)(C(=O)O)C(C)C)cc1O. The molecule has 1 rings (SSSR count). The molecule has 4 nitrogen and oxygen atoms in total. The van der Waals surface area contributed by atoms with Gasteiger partial charge in [-0.15, -0.1) is 0 Å². The van der Waals surface area contributed by atoms with E-state index >= 15 is 0 Å². The van der Waals surface area contributed by atoms with E-state index in [0.717, 1.165) is 0 Å². The van der Waals surface area contributed by atoms with Crippen LogP contribution in [0, 0.1) is 5.92 Å². The fourth-order valence-electron chi connectivity index (χ4n) is 1.72. The van der Waals surface area contributed by atoms with Crippen LogP contribution in [0.2, 0.25) is 0 Å². The van der Waals surface area contributed by atoms with E-state index in [2.05, 4.69) is 0 Å². The van der Waals surface area contributed by atoms with Gasteiger partial charge in [-0.25, -0.2) is 0 Å². The number of benzene rings is 1. The van der Waals surface area contributed by atoms with Crippen molar-refractivity contribution in [1.82, 2.24) is 0 Å². The lowest BCUT2D eigenvalue weighted by molar-refractivity contribution is -0.145. The van der Waals surface area contributed by atoms with Gasteiger partial charge in [0.05, 0.1) is 12.5 Å². The molecule has 0 aliphatic rings. The van der Waals surface area contributed by atoms with Crippen molar-refractivity contribution in [3.63, 3.8) is 0 Å². The van der Waals surface area contributed by atoms with Gasteiger partial charge in [-0.05, 0) is 30.5 Å². The number of carboxylic acid groups (broad SMARTS) is 1. The average Bonchev–Trinajstić information content (AvgIpc) is 2.27. The monoisotopic (exact) mass is 238 g/mol. The highest BCUT2D eigenvalue weighted by molar-refractivity contribution is 5.81. The van der Waals surface area contributed by atoms with Crippen molar-refractivity contribution in [2.75, 3.05) is 7.11 Å². The molecule has 4 heteroatoms. The Morgan fingerprint density at radius 2 is 2.00 bits per heavy atom. The molecule has 1 unspecified atom stereocenters. The molecule has 0 spiro atoms. The lowest BCUT2D eigenvalue weighted by Crippen LogP contribution is -2.37. The van der Waals surface area contributed by atoms with Gasteiger partial charge in [0.15, 0.2) is 11.5 Å². The Hall–Kier alpha value is -1.71. The van der Waals surface area contributed by atoms with E-state index in [-0.39, 0.29) is 11.7 Å². The summed E-state index contributed by atoms with van der Waals surface area (Å²) in [4.78, 5) is 11.4. The van der Waals surface area contributed by atoms with Crippen molar-refractivity contribution < 1.29 is 19.7 Å². The Morgan fingerprint density at radius 1 is 1.41 bits per heavy atom. The Morgan fingerprint density at radius 3 is 2.35 bits per heavy atom. The van der Waals surface area contributed by atoms with Gasteiger partial charge in [0.2, 0.25) is 0 Å². The van der Waals surface area contributed by atoms with Crippen LogP contribution in [0.1, 0.15) is 26.3 Å². The summed E-state index contributed by atoms with van der Waals surface area (Å²) in [5.74, 6) is -0.701. The minimum atomic E-state index is -1.02. The molecule has 0 aliphatic carbocycles. The van der Waals surface area contributed by atoms with Crippen molar-refractivity contribution in [2.24, 2.45) is 5.92 Å². The summed E-state index contributed by atoms with van der Waals surface area (Å²) in [6, 6.07) is 4.70. The van der Waals surface area contributed by atoms with Crippen LogP contribution in [0.25, 0.3) is 0 Å². The van der Waals surface area contributed by atoms with E-state index in [9.17, 15) is 15.0 Å². The van der Waals surface area contributed by atoms with Crippen LogP contribution >= 0.6 is 0 Å². The molecule has 0 bridgehead atoms. The quantitative estimate of drug-likeness (QED) is 0.845. The molecule has 2 N–H and O–H groups in total. The molecule has 17 heavy (non-hydrogen) atoms. The molecule has 0 saturated heterocycles. The number of rotatable bonds is 4. The molecule has 0 aromatic heterocycles. The fraction of sp³-hybridized carbons (Fsp3) is 0.462. The predicted octanol–water partition coefficient (Wildman–Crippen LogP) is 2.40. The summed E-state index contributed by atoms with van der Waals surface area (Å²) in [6.45, 7) is 5.34. The third kappa shape index (κ3) is 2.20. The van der Waals surface area contributed by atoms with Crippen LogP contribution in [-0.4, -0.2) is 23.3 Å². The first-order valence-corrected chi connectivity index (χ1v) is 5.45. The van der Waals surface area contributed by atoms with Gasteiger partial charge in [0.25, 0.3) is 0 Å². The molecule has 1 aromatic rings. The average molecular weight is 238 g/mol. The number of aliphatic carboxylic acids is 1. The van der Waals surface area contributed by atoms with Gasteiger partial charge < -0.3 is 14.9 Å². The summed E-state index contributed by atoms with van der Waals surface area (Å²) in [6.07, 6.45) is 0. The van der Waals surface area contributed by atoms with Crippen molar-refractivity contribution >= 4 is 5.97 Å². The Balaban J connectivity index is 3.31. The van der Waals surface area contributed by atoms with Crippen LogP contribution in [0.3, 0.4) is 0 Å². The summed E-state index contributed by atoms with van der Waals surface area (Å²) in [7, 11) is 1.45. The summed E-state index contributed by atoms with van der Waals surface area (Å²) in [5, 5.41) is 19.1. The first-order valence-electron chi connectivity index (χ1n) is 5.45. The smallest absolute Gasteiger partial charge is 0.314 e. The Kier molecular flexibility index (Phi) is 3.66. The number of carbonyl (C=O) groups is 1. The number of methoxy groups -OCH3 is 1. The molecule has 0 radical (unpaired) electrons. The first-order chi connectivity index (χ1) is 7.83. The van der Waals surface area contributed by atoms with Crippen molar-refractivity contribution in [3.8, 4) is 11.5 Å². The zero-order valence-corrected chi connectivity index (χ0v) is 10.5. The standard InChI is InChI=1S/C13H18O4/c1-8(2)13(3,12(15)16)9-5-6-11(17-4)10(14)7-9/h5-8,14H,1-4H3,(H,15,16). The van der Waals surface area contributed by atoms with Gasteiger partial charge in [0.1, 0.15) is 0 Å². The van der Waals surface area contributed by atoms with E-state index in [4.69, 9.17) is 4.74 Å². The van der Waals surface area contributed by atoms with E-state index in [0.29, 0.717) is 11.3 Å². The van der Waals surface area contributed by atoms with E-state index in [1.807, 2.05) is 13.8 Å². The molecular formula is C13H18O4. The highest BCUT2D eigenvalue weighted by Gasteiger charge is 2.38. The largest absolute Gasteiger partial charge is 0.504 e. The van der Waals surface area contributed by atoms with Gasteiger partial charge in [-0.1, -0.05) is 19.9 Å². The summed E-state index contributed by atoms with van der Waals surface area (Å²) >= 11 is 0. The van der Waals surface area contributed by atoms with E-state index < -0.39 is 11.4 Å². The van der Waals surface area contributed by atoms with Crippen LogP contribution in [-0.2, 0) is 10.2 Å². The molecule has 0 saturated carbocycles. The number of hydrogen-bond acceptors (Lipinski definition) is 3. The van der Waals surface area contributed by atoms with Gasteiger partial charge in [-0.2, -0.15) is 0 Å². The molecule has 94 valence electrons. The molecule has 0 fully saturated rings. The zero-order chi connectivity index (χ0) is 13.2. The molecule has 0 amide bonds. The second kappa shape index (κ2) is 4.65. The maximum absolute atomic E-state index is 11.4. The second-order valence-corrected chi connectivity index (χ2v) is 4.55. The number of carboxylic acids is 1. The first kappa shape index (κ1) is 13.4. The maximum Gasteiger partial charge on any atom is 0.314 e. The molecule has 1 atom stereocenters. The van der Waals surface area contributed by atoms with Crippen LogP contribution in [0.4, 0.5) is 0 Å². The Bertz CT molecular complexity index is 425. The maximum atomic E-state index is 11.4. The van der Waals surface area contributed by atoms with Crippen molar-refractivity contribution in [1.29, 1.82) is 0 Å². The number of phenols is 1.